The Hall–Kier alpha value is -3.65. The van der Waals surface area contributed by atoms with Crippen LogP contribution in [0, 0.1) is 4.77 Å². The van der Waals surface area contributed by atoms with Crippen LogP contribution in [0.1, 0.15) is 5.56 Å². The second kappa shape index (κ2) is 8.38. The quantitative estimate of drug-likeness (QED) is 0.362. The van der Waals surface area contributed by atoms with Crippen LogP contribution >= 0.6 is 12.2 Å². The molecule has 0 unspecified atom stereocenters. The highest BCUT2D eigenvalue weighted by Crippen LogP contribution is 2.32. The van der Waals surface area contributed by atoms with Crippen LogP contribution in [-0.2, 0) is 0 Å². The summed E-state index contributed by atoms with van der Waals surface area (Å²) in [5.41, 5.74) is 1.64. The van der Waals surface area contributed by atoms with Gasteiger partial charge in [-0.25, -0.2) is 5.10 Å². The van der Waals surface area contributed by atoms with Crippen LogP contribution in [0.5, 0.6) is 17.2 Å². The van der Waals surface area contributed by atoms with Crippen molar-refractivity contribution in [1.82, 2.24) is 14.9 Å². The van der Waals surface area contributed by atoms with Gasteiger partial charge in [-0.3, -0.25) is 0 Å². The fourth-order valence-corrected chi connectivity index (χ4v) is 3.44. The Morgan fingerprint density at radius 2 is 1.67 bits per heavy atom. The molecule has 152 valence electrons. The maximum atomic E-state index is 5.54. The number of nitrogens with zero attached hydrogens (tertiary/aromatic N) is 3. The minimum atomic E-state index is 0.371. The van der Waals surface area contributed by atoms with Crippen molar-refractivity contribution in [2.24, 2.45) is 5.10 Å². The molecule has 0 saturated heterocycles. The lowest BCUT2D eigenvalue weighted by atomic mass is 10.0. The number of ether oxygens (including phenoxy) is 3. The number of methoxy groups -OCH3 is 3. The number of aromatic amines is 1. The Bertz CT molecular complexity index is 1290. The molecule has 3 aromatic carbocycles. The molecule has 0 aliphatic rings. The van der Waals surface area contributed by atoms with E-state index < -0.39 is 0 Å². The fourth-order valence-electron chi connectivity index (χ4n) is 3.26. The maximum absolute atomic E-state index is 5.54. The first-order chi connectivity index (χ1) is 14.7. The molecule has 0 radical (unpaired) electrons. The normalized spacial score (nSPS) is 11.2. The van der Waals surface area contributed by atoms with Crippen molar-refractivity contribution >= 4 is 29.2 Å². The van der Waals surface area contributed by atoms with Crippen LogP contribution in [0.2, 0.25) is 0 Å². The standard InChI is InChI=1S/C22H20N4O3S/c1-27-18-10-8-14-6-4-5-7-16(14)17(18)13-23-26-21(24-25-22(26)30)15-9-11-19(28-2)20(12-15)29-3/h4-13H,1-3H3,(H,25,30). The van der Waals surface area contributed by atoms with Crippen LogP contribution in [-0.4, -0.2) is 42.4 Å². The lowest BCUT2D eigenvalue weighted by molar-refractivity contribution is 0.355. The second-order valence-electron chi connectivity index (χ2n) is 6.38. The van der Waals surface area contributed by atoms with Crippen LogP contribution in [0.4, 0.5) is 0 Å². The van der Waals surface area contributed by atoms with Gasteiger partial charge in [-0.1, -0.05) is 30.3 Å². The van der Waals surface area contributed by atoms with Crippen molar-refractivity contribution in [2.75, 3.05) is 21.3 Å². The van der Waals surface area contributed by atoms with Gasteiger partial charge in [-0.2, -0.15) is 14.9 Å². The minimum Gasteiger partial charge on any atom is -0.496 e. The molecule has 0 atom stereocenters. The summed E-state index contributed by atoms with van der Waals surface area (Å²) in [7, 11) is 4.82. The minimum absolute atomic E-state index is 0.371. The number of benzene rings is 3. The summed E-state index contributed by atoms with van der Waals surface area (Å²) in [5, 5.41) is 13.9. The molecular formula is C22H20N4O3S. The predicted molar refractivity (Wildman–Crippen MR) is 119 cm³/mol. The van der Waals surface area contributed by atoms with E-state index in [1.54, 1.807) is 32.2 Å². The van der Waals surface area contributed by atoms with Gasteiger partial charge in [0.05, 0.1) is 27.5 Å². The Morgan fingerprint density at radius 3 is 2.43 bits per heavy atom. The van der Waals surface area contributed by atoms with E-state index in [9.17, 15) is 0 Å². The summed E-state index contributed by atoms with van der Waals surface area (Å²) in [6, 6.07) is 17.5. The predicted octanol–water partition coefficient (Wildman–Crippen LogP) is 4.67. The third-order valence-electron chi connectivity index (χ3n) is 4.75. The zero-order chi connectivity index (χ0) is 21.1. The topological polar surface area (TPSA) is 73.7 Å². The highest BCUT2D eigenvalue weighted by molar-refractivity contribution is 7.71. The van der Waals surface area contributed by atoms with E-state index in [0.29, 0.717) is 22.1 Å². The second-order valence-corrected chi connectivity index (χ2v) is 6.77. The first kappa shape index (κ1) is 19.7. The van der Waals surface area contributed by atoms with Crippen LogP contribution in [0.15, 0.2) is 59.7 Å². The molecule has 0 fully saturated rings. The molecule has 1 aromatic heterocycles. The number of hydrogen-bond donors (Lipinski definition) is 1. The van der Waals surface area contributed by atoms with Crippen LogP contribution in [0.3, 0.4) is 0 Å². The molecule has 0 aliphatic heterocycles. The van der Waals surface area contributed by atoms with E-state index in [2.05, 4.69) is 15.3 Å². The summed E-state index contributed by atoms with van der Waals surface area (Å²) in [4.78, 5) is 0. The molecule has 0 amide bonds. The highest BCUT2D eigenvalue weighted by atomic mass is 32.1. The summed E-state index contributed by atoms with van der Waals surface area (Å²) < 4.78 is 18.2. The Kier molecular flexibility index (Phi) is 5.49. The van der Waals surface area contributed by atoms with Crippen molar-refractivity contribution in [2.45, 2.75) is 0 Å². The molecular weight excluding hydrogens is 400 g/mol. The monoisotopic (exact) mass is 420 g/mol. The number of aromatic nitrogens is 3. The van der Waals surface area contributed by atoms with Gasteiger partial charge in [0.1, 0.15) is 5.75 Å². The molecule has 1 heterocycles. The highest BCUT2D eigenvalue weighted by Gasteiger charge is 2.13. The van der Waals surface area contributed by atoms with Crippen LogP contribution < -0.4 is 14.2 Å². The van der Waals surface area contributed by atoms with Crippen molar-refractivity contribution in [3.05, 3.63) is 64.9 Å². The van der Waals surface area contributed by atoms with Crippen molar-refractivity contribution < 1.29 is 14.2 Å². The third kappa shape index (κ3) is 3.53. The van der Waals surface area contributed by atoms with Gasteiger partial charge >= 0.3 is 0 Å². The summed E-state index contributed by atoms with van der Waals surface area (Å²) in [6.45, 7) is 0. The van der Waals surface area contributed by atoms with Crippen molar-refractivity contribution in [1.29, 1.82) is 0 Å². The van der Waals surface area contributed by atoms with E-state index in [0.717, 1.165) is 27.6 Å². The zero-order valence-electron chi connectivity index (χ0n) is 16.7. The Morgan fingerprint density at radius 1 is 0.933 bits per heavy atom. The lowest BCUT2D eigenvalue weighted by Gasteiger charge is -2.10. The summed E-state index contributed by atoms with van der Waals surface area (Å²) >= 11 is 5.40. The average Bonchev–Trinajstić information content (AvgIpc) is 3.16. The van der Waals surface area contributed by atoms with Gasteiger partial charge in [0.25, 0.3) is 0 Å². The fraction of sp³-hybridized carbons (Fsp3) is 0.136. The molecule has 4 rings (SSSR count). The molecule has 0 aliphatic carbocycles. The number of nitrogens with one attached hydrogen (secondary N) is 1. The molecule has 30 heavy (non-hydrogen) atoms. The Labute approximate surface area is 178 Å². The molecule has 8 heteroatoms. The molecule has 1 N–H and O–H groups in total. The number of hydrogen-bond acceptors (Lipinski definition) is 6. The Balaban J connectivity index is 1.82. The van der Waals surface area contributed by atoms with E-state index in [1.165, 1.54) is 0 Å². The SMILES string of the molecule is COc1ccc(-c2n[nH]c(=S)n2N=Cc2c(OC)ccc3ccccc23)cc1OC. The van der Waals surface area contributed by atoms with Crippen molar-refractivity contribution in [3.63, 3.8) is 0 Å². The van der Waals surface area contributed by atoms with Gasteiger partial charge < -0.3 is 14.2 Å². The number of rotatable bonds is 6. The van der Waals surface area contributed by atoms with Gasteiger partial charge in [0.15, 0.2) is 17.3 Å². The molecule has 4 aromatic rings. The molecule has 0 bridgehead atoms. The number of fused-ring (bicyclic) bond motifs is 1. The van der Waals surface area contributed by atoms with Crippen LogP contribution in [0.25, 0.3) is 22.2 Å². The van der Waals surface area contributed by atoms with E-state index in [-0.39, 0.29) is 0 Å². The first-order valence-electron chi connectivity index (χ1n) is 9.16. The van der Waals surface area contributed by atoms with Gasteiger partial charge in [0, 0.05) is 11.1 Å². The van der Waals surface area contributed by atoms with E-state index in [4.69, 9.17) is 26.4 Å². The summed E-state index contributed by atoms with van der Waals surface area (Å²) in [6.07, 6.45) is 1.73. The largest absolute Gasteiger partial charge is 0.496 e. The maximum Gasteiger partial charge on any atom is 0.216 e. The molecule has 7 nitrogen and oxygen atoms in total. The van der Waals surface area contributed by atoms with Gasteiger partial charge in [-0.05, 0) is 47.3 Å². The van der Waals surface area contributed by atoms with Crippen molar-refractivity contribution in [3.8, 4) is 28.6 Å². The molecule has 0 saturated carbocycles. The number of H-pyrrole nitrogens is 1. The van der Waals surface area contributed by atoms with Gasteiger partial charge in [-0.15, -0.1) is 0 Å². The van der Waals surface area contributed by atoms with Gasteiger partial charge in [0.2, 0.25) is 4.77 Å². The lowest BCUT2D eigenvalue weighted by Crippen LogP contribution is -1.98. The third-order valence-corrected chi connectivity index (χ3v) is 5.01. The molecule has 0 spiro atoms. The zero-order valence-corrected chi connectivity index (χ0v) is 17.6. The van der Waals surface area contributed by atoms with E-state index in [1.807, 2.05) is 54.6 Å². The smallest absolute Gasteiger partial charge is 0.216 e. The summed E-state index contributed by atoms with van der Waals surface area (Å²) in [5.74, 6) is 2.50. The first-order valence-corrected chi connectivity index (χ1v) is 9.57. The van der Waals surface area contributed by atoms with E-state index >= 15 is 0 Å². The average molecular weight is 420 g/mol.